The van der Waals surface area contributed by atoms with Crippen LogP contribution in [0.3, 0.4) is 0 Å². The van der Waals surface area contributed by atoms with Gasteiger partial charge >= 0.3 is 0 Å². The molecule has 2 N–H and O–H groups in total. The van der Waals surface area contributed by atoms with Gasteiger partial charge in [0.05, 0.1) is 0 Å². The van der Waals surface area contributed by atoms with E-state index in [1.165, 1.54) is 22.3 Å². The average Bonchev–Trinajstić information content (AvgIpc) is 2.22. The first-order valence-corrected chi connectivity index (χ1v) is 6.11. The van der Waals surface area contributed by atoms with E-state index < -0.39 is 0 Å². The van der Waals surface area contributed by atoms with Crippen LogP contribution in [0.4, 0.5) is 0 Å². The Morgan fingerprint density at radius 3 is 2.29 bits per heavy atom. The van der Waals surface area contributed by atoms with E-state index in [9.17, 15) is 0 Å². The van der Waals surface area contributed by atoms with Crippen LogP contribution < -0.4 is 10.5 Å². The molecule has 0 heterocycles. The maximum Gasteiger partial charge on any atom is 0.125 e. The minimum atomic E-state index is 0.639. The molecule has 2 nitrogen and oxygen atoms in total. The molecule has 94 valence electrons. The summed E-state index contributed by atoms with van der Waals surface area (Å²) >= 11 is 0. The third-order valence-electron chi connectivity index (χ3n) is 2.67. The summed E-state index contributed by atoms with van der Waals surface area (Å²) in [6.07, 6.45) is 3.02. The van der Waals surface area contributed by atoms with Gasteiger partial charge in [-0.1, -0.05) is 17.7 Å². The Kier molecular flexibility index (Phi) is 5.23. The van der Waals surface area contributed by atoms with Crippen LogP contribution in [0.15, 0.2) is 23.8 Å². The number of hydrogen-bond donors (Lipinski definition) is 1. The Morgan fingerprint density at radius 2 is 1.82 bits per heavy atom. The van der Waals surface area contributed by atoms with Gasteiger partial charge in [0.1, 0.15) is 12.4 Å². The molecule has 0 atom stereocenters. The van der Waals surface area contributed by atoms with Gasteiger partial charge in [-0.25, -0.2) is 0 Å². The fourth-order valence-corrected chi connectivity index (χ4v) is 1.87. The number of rotatable bonds is 5. The fraction of sp³-hybridized carbons (Fsp3) is 0.467. The molecule has 1 aromatic rings. The van der Waals surface area contributed by atoms with E-state index in [0.29, 0.717) is 13.2 Å². The lowest BCUT2D eigenvalue weighted by atomic mass is 10.0. The number of benzene rings is 1. The predicted molar refractivity (Wildman–Crippen MR) is 73.6 cm³/mol. The maximum absolute atomic E-state index is 5.80. The lowest BCUT2D eigenvalue weighted by Gasteiger charge is -2.13. The fourth-order valence-electron chi connectivity index (χ4n) is 1.87. The zero-order valence-corrected chi connectivity index (χ0v) is 11.3. The first kappa shape index (κ1) is 13.8. The molecule has 0 saturated carbocycles. The van der Waals surface area contributed by atoms with Crippen molar-refractivity contribution in [2.75, 3.05) is 13.2 Å². The zero-order chi connectivity index (χ0) is 12.8. The molecule has 0 spiro atoms. The summed E-state index contributed by atoms with van der Waals surface area (Å²) < 4.78 is 5.80. The Labute approximate surface area is 104 Å². The predicted octanol–water partition coefficient (Wildman–Crippen LogP) is 3.15. The Morgan fingerprint density at radius 1 is 1.24 bits per heavy atom. The Hall–Kier alpha value is -1.28. The van der Waals surface area contributed by atoms with Gasteiger partial charge < -0.3 is 10.5 Å². The zero-order valence-electron chi connectivity index (χ0n) is 11.3. The van der Waals surface area contributed by atoms with Crippen LogP contribution in [0.1, 0.15) is 30.5 Å². The van der Waals surface area contributed by atoms with E-state index in [4.69, 9.17) is 10.5 Å². The normalized spacial score (nSPS) is 10.2. The van der Waals surface area contributed by atoms with Crippen molar-refractivity contribution in [2.45, 2.75) is 34.1 Å². The molecule has 0 aliphatic carbocycles. The SMILES string of the molecule is CC(C)=CCOc1c(C)cc(CCN)cc1C. The minimum absolute atomic E-state index is 0.639. The molecule has 2 heteroatoms. The summed E-state index contributed by atoms with van der Waals surface area (Å²) in [4.78, 5) is 0. The van der Waals surface area contributed by atoms with Gasteiger partial charge in [0.15, 0.2) is 0 Å². The summed E-state index contributed by atoms with van der Waals surface area (Å²) in [6, 6.07) is 4.33. The quantitative estimate of drug-likeness (QED) is 0.793. The molecule has 0 aliphatic heterocycles. The molecule has 0 aromatic heterocycles. The highest BCUT2D eigenvalue weighted by Crippen LogP contribution is 2.25. The van der Waals surface area contributed by atoms with Gasteiger partial charge in [-0.05, 0) is 63.4 Å². The molecule has 0 bridgehead atoms. The van der Waals surface area contributed by atoms with Crippen LogP contribution in [0.2, 0.25) is 0 Å². The van der Waals surface area contributed by atoms with Gasteiger partial charge in [-0.15, -0.1) is 0 Å². The molecule has 1 rings (SSSR count). The summed E-state index contributed by atoms with van der Waals surface area (Å²) in [6.45, 7) is 9.66. The molecule has 0 unspecified atom stereocenters. The van der Waals surface area contributed by atoms with Crippen molar-refractivity contribution < 1.29 is 4.74 Å². The lowest BCUT2D eigenvalue weighted by molar-refractivity contribution is 0.356. The van der Waals surface area contributed by atoms with Crippen molar-refractivity contribution in [1.29, 1.82) is 0 Å². The standard InChI is InChI=1S/C15H23NO/c1-11(2)6-8-17-15-12(3)9-14(5-7-16)10-13(15)4/h6,9-10H,5,7-8,16H2,1-4H3. The van der Waals surface area contributed by atoms with Crippen LogP contribution >= 0.6 is 0 Å². The Balaban J connectivity index is 2.82. The number of hydrogen-bond acceptors (Lipinski definition) is 2. The van der Waals surface area contributed by atoms with Crippen molar-refractivity contribution in [3.8, 4) is 5.75 Å². The largest absolute Gasteiger partial charge is 0.489 e. The topological polar surface area (TPSA) is 35.2 Å². The summed E-state index contributed by atoms with van der Waals surface area (Å²) in [5.74, 6) is 1.00. The van der Waals surface area contributed by atoms with Gasteiger partial charge in [0, 0.05) is 0 Å². The number of nitrogens with two attached hydrogens (primary N) is 1. The highest BCUT2D eigenvalue weighted by atomic mass is 16.5. The molecule has 0 saturated heterocycles. The van der Waals surface area contributed by atoms with Crippen LogP contribution in [0.25, 0.3) is 0 Å². The summed E-state index contributed by atoms with van der Waals surface area (Å²) in [5.41, 5.74) is 10.5. The van der Waals surface area contributed by atoms with Gasteiger partial charge in [0.25, 0.3) is 0 Å². The number of allylic oxidation sites excluding steroid dienone is 1. The van der Waals surface area contributed by atoms with Gasteiger partial charge in [-0.3, -0.25) is 0 Å². The van der Waals surface area contributed by atoms with Crippen molar-refractivity contribution in [1.82, 2.24) is 0 Å². The van der Waals surface area contributed by atoms with Gasteiger partial charge in [-0.2, -0.15) is 0 Å². The van der Waals surface area contributed by atoms with E-state index >= 15 is 0 Å². The molecule has 17 heavy (non-hydrogen) atoms. The average molecular weight is 233 g/mol. The molecular formula is C15H23NO. The first-order valence-electron chi connectivity index (χ1n) is 6.11. The van der Waals surface area contributed by atoms with E-state index in [0.717, 1.165) is 12.2 Å². The van der Waals surface area contributed by atoms with Crippen LogP contribution in [0, 0.1) is 13.8 Å². The lowest BCUT2D eigenvalue weighted by Crippen LogP contribution is -2.04. The molecule has 1 aromatic carbocycles. The second kappa shape index (κ2) is 6.45. The monoisotopic (exact) mass is 233 g/mol. The van der Waals surface area contributed by atoms with E-state index in [2.05, 4.69) is 45.9 Å². The van der Waals surface area contributed by atoms with Crippen LogP contribution in [0.5, 0.6) is 5.75 Å². The van der Waals surface area contributed by atoms with Gasteiger partial charge in [0.2, 0.25) is 0 Å². The molecular weight excluding hydrogens is 210 g/mol. The molecule has 0 radical (unpaired) electrons. The highest BCUT2D eigenvalue weighted by molar-refractivity contribution is 5.43. The van der Waals surface area contributed by atoms with Crippen molar-refractivity contribution in [3.63, 3.8) is 0 Å². The molecule has 0 fully saturated rings. The van der Waals surface area contributed by atoms with Crippen LogP contribution in [-0.4, -0.2) is 13.2 Å². The maximum atomic E-state index is 5.80. The Bertz CT molecular complexity index is 380. The third-order valence-corrected chi connectivity index (χ3v) is 2.67. The van der Waals surface area contributed by atoms with Crippen LogP contribution in [-0.2, 0) is 6.42 Å². The second-order valence-electron chi connectivity index (χ2n) is 4.69. The molecule has 0 amide bonds. The van der Waals surface area contributed by atoms with E-state index in [1.807, 2.05) is 0 Å². The summed E-state index contributed by atoms with van der Waals surface area (Å²) in [7, 11) is 0. The summed E-state index contributed by atoms with van der Waals surface area (Å²) in [5, 5.41) is 0. The molecule has 0 aliphatic rings. The smallest absolute Gasteiger partial charge is 0.125 e. The minimum Gasteiger partial charge on any atom is -0.489 e. The second-order valence-corrected chi connectivity index (χ2v) is 4.69. The number of ether oxygens (including phenoxy) is 1. The van der Waals surface area contributed by atoms with Crippen molar-refractivity contribution >= 4 is 0 Å². The number of aryl methyl sites for hydroxylation is 2. The van der Waals surface area contributed by atoms with E-state index in [1.54, 1.807) is 0 Å². The highest BCUT2D eigenvalue weighted by Gasteiger charge is 2.05. The van der Waals surface area contributed by atoms with Crippen molar-refractivity contribution in [3.05, 3.63) is 40.5 Å². The first-order chi connectivity index (χ1) is 8.04. The van der Waals surface area contributed by atoms with Crippen molar-refractivity contribution in [2.24, 2.45) is 5.73 Å². The van der Waals surface area contributed by atoms with E-state index in [-0.39, 0.29) is 0 Å². The third kappa shape index (κ3) is 4.23.